The number of hydrogen-bond acceptors (Lipinski definition) is 7. The van der Waals surface area contributed by atoms with E-state index in [2.05, 4.69) is 118 Å². The number of benzene rings is 4. The molecule has 9 rings (SSSR count). The molecule has 4 unspecified atom stereocenters. The molecule has 4 aromatic carbocycles. The van der Waals surface area contributed by atoms with Gasteiger partial charge in [0.25, 0.3) is 0 Å². The van der Waals surface area contributed by atoms with Gasteiger partial charge in [0.1, 0.15) is 47.3 Å². The van der Waals surface area contributed by atoms with Crippen LogP contribution in [0.4, 0.5) is 0 Å². The molecule has 8 bridgehead atoms. The van der Waals surface area contributed by atoms with Crippen LogP contribution in [0.1, 0.15) is 58.0 Å². The second-order valence-electron chi connectivity index (χ2n) is 10.8. The highest BCUT2D eigenvalue weighted by atomic mass is 15.3. The molecule has 0 spiro atoms. The number of amidine groups is 2. The van der Waals surface area contributed by atoms with E-state index in [9.17, 15) is 0 Å². The Hall–Kier alpha value is -5.08. The zero-order valence-electron chi connectivity index (χ0n) is 22.3. The van der Waals surface area contributed by atoms with Crippen LogP contribution in [-0.4, -0.2) is 16.2 Å². The minimum absolute atomic E-state index is 0.248. The average Bonchev–Trinajstić information content (AvgIpc) is 3.72. The average molecular weight is 535 g/mol. The van der Waals surface area contributed by atoms with E-state index >= 15 is 0 Å². The molecule has 3 N–H and O–H groups in total. The van der Waals surface area contributed by atoms with Crippen LogP contribution in [-0.2, 0) is 7.05 Å². The van der Waals surface area contributed by atoms with Gasteiger partial charge in [0.05, 0.1) is 0 Å². The molecule has 0 aliphatic carbocycles. The number of fused-ring (bicyclic) bond motifs is 20. The number of nitrogens with zero attached hydrogens (tertiary/aromatic N) is 5. The number of hydrogen-bond donors (Lipinski definition) is 3. The van der Waals surface area contributed by atoms with Crippen molar-refractivity contribution in [2.45, 2.75) is 24.7 Å². The molecular weight excluding hydrogens is 508 g/mol. The maximum absolute atomic E-state index is 5.31. The van der Waals surface area contributed by atoms with Gasteiger partial charge in [0, 0.05) is 40.1 Å². The predicted molar refractivity (Wildman–Crippen MR) is 158 cm³/mol. The molecule has 41 heavy (non-hydrogen) atoms. The van der Waals surface area contributed by atoms with Crippen molar-refractivity contribution in [3.8, 4) is 0 Å². The van der Waals surface area contributed by atoms with Gasteiger partial charge in [-0.15, -0.1) is 0 Å². The Morgan fingerprint density at radius 1 is 0.488 bits per heavy atom. The van der Waals surface area contributed by atoms with Gasteiger partial charge in [0.15, 0.2) is 0 Å². The van der Waals surface area contributed by atoms with Crippen LogP contribution in [0.5, 0.6) is 0 Å². The van der Waals surface area contributed by atoms with Crippen molar-refractivity contribution in [2.75, 3.05) is 0 Å². The lowest BCUT2D eigenvalue weighted by Gasteiger charge is -2.13. The van der Waals surface area contributed by atoms with E-state index in [0.29, 0.717) is 0 Å². The summed E-state index contributed by atoms with van der Waals surface area (Å²) in [7, 11) is 2.05. The van der Waals surface area contributed by atoms with Crippen molar-refractivity contribution in [3.63, 3.8) is 0 Å². The predicted octanol–water partition coefficient (Wildman–Crippen LogP) is 3.83. The Bertz CT molecular complexity index is 1940. The molecule has 198 valence electrons. The third-order valence-electron chi connectivity index (χ3n) is 8.53. The fraction of sp³-hybridized carbons (Fsp3) is 0.152. The second kappa shape index (κ2) is 8.46. The van der Waals surface area contributed by atoms with Crippen LogP contribution in [0, 0.1) is 0 Å². The topological polar surface area (TPSA) is 90.5 Å². The van der Waals surface area contributed by atoms with E-state index in [-0.39, 0.29) is 24.7 Å². The molecule has 0 saturated heterocycles. The first kappa shape index (κ1) is 22.7. The molecule has 8 nitrogen and oxygen atoms in total. The largest absolute Gasteiger partial charge is 0.344 e. The molecule has 5 heterocycles. The molecule has 0 amide bonds. The zero-order chi connectivity index (χ0) is 27.1. The van der Waals surface area contributed by atoms with Gasteiger partial charge in [-0.2, -0.15) is 0 Å². The lowest BCUT2D eigenvalue weighted by molar-refractivity contribution is 0.519. The van der Waals surface area contributed by atoms with Crippen molar-refractivity contribution in [1.29, 1.82) is 0 Å². The number of nitrogens with one attached hydrogen (secondary N) is 3. The maximum Gasteiger partial charge on any atom is 0.148 e. The third kappa shape index (κ3) is 3.31. The van der Waals surface area contributed by atoms with Crippen LogP contribution in [0.25, 0.3) is 10.8 Å². The van der Waals surface area contributed by atoms with Crippen molar-refractivity contribution in [3.05, 3.63) is 141 Å². The third-order valence-corrected chi connectivity index (χ3v) is 8.53. The summed E-state index contributed by atoms with van der Waals surface area (Å²) in [5.41, 5.74) is 8.37. The smallest absolute Gasteiger partial charge is 0.148 e. The van der Waals surface area contributed by atoms with Crippen LogP contribution >= 0.6 is 0 Å². The highest BCUT2D eigenvalue weighted by Crippen LogP contribution is 2.37. The summed E-state index contributed by atoms with van der Waals surface area (Å²) >= 11 is 0. The molecule has 1 aromatic heterocycles. The summed E-state index contributed by atoms with van der Waals surface area (Å²) in [6.45, 7) is 0. The van der Waals surface area contributed by atoms with Gasteiger partial charge in [-0.1, -0.05) is 97.1 Å². The van der Waals surface area contributed by atoms with Gasteiger partial charge in [0.2, 0.25) is 0 Å². The number of rotatable bonds is 0. The summed E-state index contributed by atoms with van der Waals surface area (Å²) in [6.07, 6.45) is -1.04. The van der Waals surface area contributed by atoms with Gasteiger partial charge < -0.3 is 15.2 Å². The summed E-state index contributed by atoms with van der Waals surface area (Å²) in [6, 6.07) is 33.5. The van der Waals surface area contributed by atoms with Crippen LogP contribution < -0.4 is 26.9 Å². The summed E-state index contributed by atoms with van der Waals surface area (Å²) in [5, 5.41) is 13.1. The lowest BCUT2D eigenvalue weighted by atomic mass is 10.1. The van der Waals surface area contributed by atoms with Crippen LogP contribution in [0.2, 0.25) is 0 Å². The first-order chi connectivity index (χ1) is 20.2. The zero-order valence-corrected chi connectivity index (χ0v) is 22.3. The molecular formula is C33H26N8. The van der Waals surface area contributed by atoms with E-state index in [1.165, 1.54) is 0 Å². The van der Waals surface area contributed by atoms with Gasteiger partial charge >= 0.3 is 0 Å². The molecule has 0 radical (unpaired) electrons. The lowest BCUT2D eigenvalue weighted by Crippen LogP contribution is -2.30. The Morgan fingerprint density at radius 3 is 1.39 bits per heavy atom. The molecule has 8 heteroatoms. The molecule has 4 atom stereocenters. The first-order valence-corrected chi connectivity index (χ1v) is 13.9. The fourth-order valence-corrected chi connectivity index (χ4v) is 6.59. The SMILES string of the molecule is Cn1/c2c3ccccc3/c1=N\C1N/C(=N\C3NC(/N=C4\NC(/N=2)c2ccccc24)c2ccccc23)c2ccccc21. The second-order valence-corrected chi connectivity index (χ2v) is 10.8. The van der Waals surface area contributed by atoms with Gasteiger partial charge in [-0.25, -0.2) is 20.0 Å². The van der Waals surface area contributed by atoms with E-state index in [4.69, 9.17) is 20.0 Å². The summed E-state index contributed by atoms with van der Waals surface area (Å²) in [4.78, 5) is 21.1. The van der Waals surface area contributed by atoms with E-state index in [1.807, 2.05) is 7.05 Å². The van der Waals surface area contributed by atoms with E-state index in [1.54, 1.807) is 0 Å². The monoisotopic (exact) mass is 534 g/mol. The molecule has 4 aliphatic rings. The Morgan fingerprint density at radius 2 is 0.902 bits per heavy atom. The number of aliphatic imine (C=N–C) groups is 2. The Kier molecular flexibility index (Phi) is 4.68. The molecule has 0 saturated carbocycles. The molecule has 5 aromatic rings. The quantitative estimate of drug-likeness (QED) is 0.282. The van der Waals surface area contributed by atoms with Crippen molar-refractivity contribution >= 4 is 22.4 Å². The number of aromatic nitrogens is 1. The van der Waals surface area contributed by atoms with Gasteiger partial charge in [-0.3, -0.25) is 5.32 Å². The van der Waals surface area contributed by atoms with Crippen molar-refractivity contribution < 1.29 is 0 Å². The molecule has 4 aliphatic heterocycles. The standard InChI is InChI=1S/C33H26N8/c1-41-32-24-16-8-9-17-25(24)33(41)40-31-23-15-7-5-13-21(23)29(38-31)36-27-19-11-3-2-10-18(19)26(34-27)35-28-20-12-4-6-14-22(20)30(37-28)39-32/h2-17,26-27,30-31,34H,1H3,(H,35,37)(H,36,38)/b39-32-,40-33+. The molecule has 0 fully saturated rings. The minimum atomic E-state index is -0.273. The Labute approximate surface area is 235 Å². The van der Waals surface area contributed by atoms with Crippen LogP contribution in [0.3, 0.4) is 0 Å². The van der Waals surface area contributed by atoms with Gasteiger partial charge in [-0.05, 0) is 11.1 Å². The van der Waals surface area contributed by atoms with Crippen LogP contribution in [0.15, 0.2) is 117 Å². The van der Waals surface area contributed by atoms with Crippen molar-refractivity contribution in [2.24, 2.45) is 27.0 Å². The summed E-state index contributed by atoms with van der Waals surface area (Å²) in [5.74, 6) is 1.66. The highest BCUT2D eigenvalue weighted by Gasteiger charge is 2.35. The van der Waals surface area contributed by atoms with Crippen molar-refractivity contribution in [1.82, 2.24) is 20.5 Å². The van der Waals surface area contributed by atoms with E-state index in [0.717, 1.165) is 66.8 Å². The fourth-order valence-electron chi connectivity index (χ4n) is 6.59. The summed E-state index contributed by atoms with van der Waals surface area (Å²) < 4.78 is 2.11. The first-order valence-electron chi connectivity index (χ1n) is 13.9. The van der Waals surface area contributed by atoms with E-state index < -0.39 is 0 Å². The Balaban J connectivity index is 1.35. The maximum atomic E-state index is 5.31. The minimum Gasteiger partial charge on any atom is -0.344 e. The normalized spacial score (nSPS) is 27.4. The highest BCUT2D eigenvalue weighted by molar-refractivity contribution is 6.04.